The van der Waals surface area contributed by atoms with Crippen LogP contribution in [0.25, 0.3) is 5.69 Å². The van der Waals surface area contributed by atoms with Crippen LogP contribution < -0.4 is 10.4 Å². The molecule has 0 bridgehead atoms. The zero-order chi connectivity index (χ0) is 17.1. The average Bonchev–Trinajstić information content (AvgIpc) is 2.85. The summed E-state index contributed by atoms with van der Waals surface area (Å²) in [5.41, 5.74) is 2.74. The Morgan fingerprint density at radius 1 is 1.12 bits per heavy atom. The Kier molecular flexibility index (Phi) is 4.76. The number of imidazole rings is 1. The number of hydrogen-bond acceptors (Lipinski definition) is 2. The standard InChI is InChI=1S/C19H19ClN2O2/c1-14-13-22(19(23)21(14)2)16-8-9-18(17(20)12-16)24-11-10-15-6-4-3-5-7-15/h3-9,12-13H,10-11H2,1-2H3. The lowest BCUT2D eigenvalue weighted by Gasteiger charge is -2.10. The lowest BCUT2D eigenvalue weighted by atomic mass is 10.2. The van der Waals surface area contributed by atoms with Gasteiger partial charge in [0.1, 0.15) is 5.75 Å². The number of nitrogens with zero attached hydrogens (tertiary/aromatic N) is 2. The van der Waals surface area contributed by atoms with Crippen LogP contribution in [-0.4, -0.2) is 15.7 Å². The van der Waals surface area contributed by atoms with Crippen molar-refractivity contribution in [2.24, 2.45) is 7.05 Å². The Hall–Kier alpha value is -2.46. The molecule has 5 heteroatoms. The molecule has 0 N–H and O–H groups in total. The quantitative estimate of drug-likeness (QED) is 0.707. The predicted octanol–water partition coefficient (Wildman–Crippen LogP) is 3.76. The SMILES string of the molecule is Cc1cn(-c2ccc(OCCc3ccccc3)c(Cl)c2)c(=O)n1C. The topological polar surface area (TPSA) is 36.2 Å². The molecule has 0 spiro atoms. The first-order valence-electron chi connectivity index (χ1n) is 7.78. The third kappa shape index (κ3) is 3.39. The van der Waals surface area contributed by atoms with E-state index in [0.717, 1.165) is 17.8 Å². The molecule has 124 valence electrons. The van der Waals surface area contributed by atoms with Crippen LogP contribution in [0.15, 0.2) is 59.5 Å². The summed E-state index contributed by atoms with van der Waals surface area (Å²) in [5, 5.41) is 0.494. The van der Waals surface area contributed by atoms with Gasteiger partial charge in [-0.2, -0.15) is 0 Å². The highest BCUT2D eigenvalue weighted by Crippen LogP contribution is 2.27. The number of aromatic nitrogens is 2. The van der Waals surface area contributed by atoms with E-state index in [0.29, 0.717) is 17.4 Å². The first kappa shape index (κ1) is 16.4. The second-order valence-corrected chi connectivity index (χ2v) is 6.09. The molecule has 0 fully saturated rings. The van der Waals surface area contributed by atoms with Crippen molar-refractivity contribution in [1.29, 1.82) is 0 Å². The fourth-order valence-corrected chi connectivity index (χ4v) is 2.74. The zero-order valence-corrected chi connectivity index (χ0v) is 14.5. The number of aryl methyl sites for hydroxylation is 1. The number of benzene rings is 2. The Morgan fingerprint density at radius 2 is 1.88 bits per heavy atom. The maximum atomic E-state index is 12.2. The van der Waals surface area contributed by atoms with Crippen molar-refractivity contribution in [2.45, 2.75) is 13.3 Å². The van der Waals surface area contributed by atoms with Gasteiger partial charge in [-0.3, -0.25) is 9.13 Å². The molecule has 0 unspecified atom stereocenters. The Morgan fingerprint density at radius 3 is 2.50 bits per heavy atom. The minimum absolute atomic E-state index is 0.0960. The molecule has 4 nitrogen and oxygen atoms in total. The van der Waals surface area contributed by atoms with Crippen molar-refractivity contribution in [3.05, 3.63) is 81.5 Å². The molecular formula is C19H19ClN2O2. The van der Waals surface area contributed by atoms with Crippen LogP contribution in [0.1, 0.15) is 11.3 Å². The van der Waals surface area contributed by atoms with E-state index in [-0.39, 0.29) is 5.69 Å². The molecule has 0 radical (unpaired) electrons. The maximum Gasteiger partial charge on any atom is 0.332 e. The largest absolute Gasteiger partial charge is 0.492 e. The van der Waals surface area contributed by atoms with Gasteiger partial charge in [0.05, 0.1) is 17.3 Å². The molecule has 1 aromatic heterocycles. The van der Waals surface area contributed by atoms with Gasteiger partial charge >= 0.3 is 5.69 Å². The lowest BCUT2D eigenvalue weighted by molar-refractivity contribution is 0.322. The Balaban J connectivity index is 1.73. The average molecular weight is 343 g/mol. The molecule has 0 aliphatic carbocycles. The lowest BCUT2D eigenvalue weighted by Crippen LogP contribution is -2.21. The Labute approximate surface area is 145 Å². The van der Waals surface area contributed by atoms with Crippen molar-refractivity contribution in [1.82, 2.24) is 9.13 Å². The molecule has 0 saturated heterocycles. The molecule has 24 heavy (non-hydrogen) atoms. The number of rotatable bonds is 5. The van der Waals surface area contributed by atoms with Gasteiger partial charge in [0.25, 0.3) is 0 Å². The molecule has 2 aromatic carbocycles. The van der Waals surface area contributed by atoms with E-state index in [4.69, 9.17) is 16.3 Å². The van der Waals surface area contributed by atoms with E-state index < -0.39 is 0 Å². The molecule has 0 amide bonds. The third-order valence-electron chi connectivity index (χ3n) is 4.02. The monoisotopic (exact) mass is 342 g/mol. The van der Waals surface area contributed by atoms with Crippen LogP contribution in [0, 0.1) is 6.92 Å². The maximum absolute atomic E-state index is 12.2. The van der Waals surface area contributed by atoms with Crippen molar-refractivity contribution < 1.29 is 4.74 Å². The van der Waals surface area contributed by atoms with Gasteiger partial charge < -0.3 is 4.74 Å². The van der Waals surface area contributed by atoms with Crippen LogP contribution in [0.3, 0.4) is 0 Å². The molecule has 0 saturated carbocycles. The number of ether oxygens (including phenoxy) is 1. The second kappa shape index (κ2) is 6.97. The van der Waals surface area contributed by atoms with Crippen molar-refractivity contribution in [3.8, 4) is 11.4 Å². The Bertz CT molecular complexity index is 897. The smallest absolute Gasteiger partial charge is 0.332 e. The first-order chi connectivity index (χ1) is 11.6. The third-order valence-corrected chi connectivity index (χ3v) is 4.32. The fraction of sp³-hybridized carbons (Fsp3) is 0.211. The molecule has 0 atom stereocenters. The summed E-state index contributed by atoms with van der Waals surface area (Å²) < 4.78 is 8.94. The van der Waals surface area contributed by atoms with Gasteiger partial charge in [-0.25, -0.2) is 4.79 Å². The highest BCUT2D eigenvalue weighted by molar-refractivity contribution is 6.32. The molecule has 3 aromatic rings. The molecule has 0 aliphatic heterocycles. The van der Waals surface area contributed by atoms with Gasteiger partial charge in [-0.05, 0) is 30.7 Å². The van der Waals surface area contributed by atoms with Crippen molar-refractivity contribution in [2.75, 3.05) is 6.61 Å². The van der Waals surface area contributed by atoms with Gasteiger partial charge in [-0.1, -0.05) is 41.9 Å². The summed E-state index contributed by atoms with van der Waals surface area (Å²) in [6.07, 6.45) is 2.61. The van der Waals surface area contributed by atoms with Gasteiger partial charge in [-0.15, -0.1) is 0 Å². The molecular weight excluding hydrogens is 324 g/mol. The minimum atomic E-state index is -0.0960. The zero-order valence-electron chi connectivity index (χ0n) is 13.7. The van der Waals surface area contributed by atoms with E-state index in [1.54, 1.807) is 34.5 Å². The first-order valence-corrected chi connectivity index (χ1v) is 8.15. The van der Waals surface area contributed by atoms with E-state index in [2.05, 4.69) is 12.1 Å². The van der Waals surface area contributed by atoms with E-state index in [1.807, 2.05) is 31.2 Å². The van der Waals surface area contributed by atoms with E-state index in [1.165, 1.54) is 5.56 Å². The summed E-state index contributed by atoms with van der Waals surface area (Å²) in [6.45, 7) is 2.44. The van der Waals surface area contributed by atoms with E-state index in [9.17, 15) is 4.79 Å². The highest BCUT2D eigenvalue weighted by atomic mass is 35.5. The van der Waals surface area contributed by atoms with Crippen LogP contribution in [0.4, 0.5) is 0 Å². The van der Waals surface area contributed by atoms with Gasteiger partial charge in [0.2, 0.25) is 0 Å². The second-order valence-electron chi connectivity index (χ2n) is 5.68. The summed E-state index contributed by atoms with van der Waals surface area (Å²) in [5.74, 6) is 0.622. The van der Waals surface area contributed by atoms with Crippen molar-refractivity contribution >= 4 is 11.6 Å². The van der Waals surface area contributed by atoms with E-state index >= 15 is 0 Å². The fourth-order valence-electron chi connectivity index (χ4n) is 2.51. The van der Waals surface area contributed by atoms with Gasteiger partial charge in [0, 0.05) is 25.4 Å². The van der Waals surface area contributed by atoms with Crippen molar-refractivity contribution in [3.63, 3.8) is 0 Å². The number of halogens is 1. The van der Waals surface area contributed by atoms with Crippen LogP contribution >= 0.6 is 11.6 Å². The van der Waals surface area contributed by atoms with Crippen LogP contribution in [0.2, 0.25) is 5.02 Å². The summed E-state index contributed by atoms with van der Waals surface area (Å²) in [6, 6.07) is 15.5. The molecule has 0 aliphatic rings. The van der Waals surface area contributed by atoms with Crippen LogP contribution in [0.5, 0.6) is 5.75 Å². The number of hydrogen-bond donors (Lipinski definition) is 0. The molecule has 3 rings (SSSR count). The highest BCUT2D eigenvalue weighted by Gasteiger charge is 2.09. The predicted molar refractivity (Wildman–Crippen MR) is 96.4 cm³/mol. The summed E-state index contributed by atoms with van der Waals surface area (Å²) in [4.78, 5) is 12.2. The van der Waals surface area contributed by atoms with Crippen LogP contribution in [-0.2, 0) is 13.5 Å². The minimum Gasteiger partial charge on any atom is -0.492 e. The molecule has 1 heterocycles. The normalized spacial score (nSPS) is 10.8. The summed E-state index contributed by atoms with van der Waals surface area (Å²) >= 11 is 6.31. The van der Waals surface area contributed by atoms with Gasteiger partial charge in [0.15, 0.2) is 0 Å². The summed E-state index contributed by atoms with van der Waals surface area (Å²) in [7, 11) is 1.75.